The monoisotopic (exact) mass is 249 g/mol. The largest absolute Gasteiger partial charge is 0.324 e. The van der Waals surface area contributed by atoms with Gasteiger partial charge in [-0.2, -0.15) is 0 Å². The third-order valence-electron chi connectivity index (χ3n) is 2.72. The minimum Gasteiger partial charge on any atom is -0.324 e. The molecule has 4 heteroatoms. The maximum Gasteiger partial charge on any atom is 0.0226 e. The Bertz CT molecular complexity index is 181. The van der Waals surface area contributed by atoms with E-state index in [2.05, 4.69) is 37.5 Å². The molecule has 1 heterocycles. The highest BCUT2D eigenvalue weighted by Crippen LogP contribution is 2.08. The highest BCUT2D eigenvalue weighted by Gasteiger charge is 2.21. The predicted octanol–water partition coefficient (Wildman–Crippen LogP) is 1.42. The second kappa shape index (κ2) is 6.80. The summed E-state index contributed by atoms with van der Waals surface area (Å²) in [5, 5.41) is 0. The molecule has 0 aliphatic carbocycles. The number of hydrogen-bond donors (Lipinski definition) is 1. The van der Waals surface area contributed by atoms with Gasteiger partial charge in [0, 0.05) is 44.8 Å². The highest BCUT2D eigenvalue weighted by atomic mass is 35.5. The molecule has 98 valence electrons. The Morgan fingerprint density at radius 1 is 1.06 bits per heavy atom. The first-order valence-corrected chi connectivity index (χ1v) is 6.10. The van der Waals surface area contributed by atoms with Crippen molar-refractivity contribution in [1.29, 1.82) is 0 Å². The number of hydrogen-bond acceptors (Lipinski definition) is 3. The Hall–Kier alpha value is 0.170. The molecule has 0 aromatic rings. The fraction of sp³-hybridized carbons (Fsp3) is 1.00. The van der Waals surface area contributed by atoms with Crippen molar-refractivity contribution in [3.8, 4) is 0 Å². The van der Waals surface area contributed by atoms with Gasteiger partial charge >= 0.3 is 0 Å². The topological polar surface area (TPSA) is 32.5 Å². The number of rotatable bonds is 4. The van der Waals surface area contributed by atoms with Crippen molar-refractivity contribution in [3.63, 3.8) is 0 Å². The van der Waals surface area contributed by atoms with Crippen LogP contribution in [0.4, 0.5) is 0 Å². The van der Waals surface area contributed by atoms with E-state index >= 15 is 0 Å². The quantitative estimate of drug-likeness (QED) is 0.818. The molecular formula is C12H28ClN3. The highest BCUT2D eigenvalue weighted by molar-refractivity contribution is 5.85. The van der Waals surface area contributed by atoms with E-state index in [1.807, 2.05) is 0 Å². The van der Waals surface area contributed by atoms with Gasteiger partial charge in [0.05, 0.1) is 0 Å². The summed E-state index contributed by atoms with van der Waals surface area (Å²) < 4.78 is 0. The van der Waals surface area contributed by atoms with Crippen LogP contribution < -0.4 is 5.73 Å². The lowest BCUT2D eigenvalue weighted by atomic mass is 10.1. The summed E-state index contributed by atoms with van der Waals surface area (Å²) >= 11 is 0. The average Bonchev–Trinajstić information content (AvgIpc) is 2.05. The summed E-state index contributed by atoms with van der Waals surface area (Å²) in [6, 6.07) is 0. The Kier molecular flexibility index (Phi) is 6.87. The molecular weight excluding hydrogens is 222 g/mol. The molecule has 0 aromatic heterocycles. The molecule has 16 heavy (non-hydrogen) atoms. The van der Waals surface area contributed by atoms with Crippen LogP contribution in [-0.2, 0) is 0 Å². The molecule has 0 aromatic carbocycles. The zero-order valence-corrected chi connectivity index (χ0v) is 12.0. The fourth-order valence-electron chi connectivity index (χ4n) is 2.22. The van der Waals surface area contributed by atoms with E-state index < -0.39 is 0 Å². The van der Waals surface area contributed by atoms with Gasteiger partial charge in [-0.1, -0.05) is 13.8 Å². The first-order chi connectivity index (χ1) is 6.87. The zero-order chi connectivity index (χ0) is 11.5. The minimum atomic E-state index is -0.0553. The summed E-state index contributed by atoms with van der Waals surface area (Å²) in [6.07, 6.45) is 0. The van der Waals surface area contributed by atoms with E-state index in [0.29, 0.717) is 0 Å². The number of nitrogens with two attached hydrogens (primary N) is 1. The maximum atomic E-state index is 6.03. The van der Waals surface area contributed by atoms with Gasteiger partial charge in [0.15, 0.2) is 0 Å². The van der Waals surface area contributed by atoms with E-state index in [1.54, 1.807) is 0 Å². The normalized spacial score (nSPS) is 19.9. The van der Waals surface area contributed by atoms with E-state index in [9.17, 15) is 0 Å². The van der Waals surface area contributed by atoms with Crippen LogP contribution in [0.3, 0.4) is 0 Å². The Morgan fingerprint density at radius 2 is 1.50 bits per heavy atom. The maximum absolute atomic E-state index is 6.03. The zero-order valence-electron chi connectivity index (χ0n) is 11.2. The molecule has 1 aliphatic heterocycles. The van der Waals surface area contributed by atoms with Gasteiger partial charge in [-0.05, 0) is 19.8 Å². The van der Waals surface area contributed by atoms with Crippen LogP contribution >= 0.6 is 12.4 Å². The molecule has 1 rings (SSSR count). The Morgan fingerprint density at radius 3 is 1.88 bits per heavy atom. The lowest BCUT2D eigenvalue weighted by Gasteiger charge is -2.38. The van der Waals surface area contributed by atoms with Gasteiger partial charge in [0.2, 0.25) is 0 Å². The SMILES string of the molecule is CC(C)CN1CCN(CC(C)(C)N)CC1.Cl. The smallest absolute Gasteiger partial charge is 0.0226 e. The first kappa shape index (κ1) is 16.2. The number of nitrogens with zero attached hydrogens (tertiary/aromatic N) is 2. The van der Waals surface area contributed by atoms with Gasteiger partial charge in [-0.15, -0.1) is 12.4 Å². The molecule has 0 bridgehead atoms. The van der Waals surface area contributed by atoms with Gasteiger partial charge in [-0.3, -0.25) is 4.90 Å². The van der Waals surface area contributed by atoms with E-state index in [4.69, 9.17) is 5.73 Å². The number of halogens is 1. The molecule has 0 radical (unpaired) electrons. The van der Waals surface area contributed by atoms with Crippen LogP contribution in [0.25, 0.3) is 0 Å². The van der Waals surface area contributed by atoms with Crippen LogP contribution in [-0.4, -0.2) is 54.6 Å². The van der Waals surface area contributed by atoms with Gasteiger partial charge in [0.1, 0.15) is 0 Å². The van der Waals surface area contributed by atoms with Crippen LogP contribution in [0.5, 0.6) is 0 Å². The summed E-state index contributed by atoms with van der Waals surface area (Å²) in [5.41, 5.74) is 5.97. The van der Waals surface area contributed by atoms with Gasteiger partial charge in [0.25, 0.3) is 0 Å². The van der Waals surface area contributed by atoms with Crippen molar-refractivity contribution in [3.05, 3.63) is 0 Å². The third-order valence-corrected chi connectivity index (χ3v) is 2.72. The lowest BCUT2D eigenvalue weighted by Crippen LogP contribution is -2.53. The van der Waals surface area contributed by atoms with Crippen molar-refractivity contribution in [2.75, 3.05) is 39.3 Å². The second-order valence-corrected chi connectivity index (χ2v) is 5.96. The fourth-order valence-corrected chi connectivity index (χ4v) is 2.22. The van der Waals surface area contributed by atoms with E-state index in [-0.39, 0.29) is 17.9 Å². The molecule has 0 atom stereocenters. The van der Waals surface area contributed by atoms with Gasteiger partial charge < -0.3 is 10.6 Å². The molecule has 3 nitrogen and oxygen atoms in total. The lowest BCUT2D eigenvalue weighted by molar-refractivity contribution is 0.108. The van der Waals surface area contributed by atoms with Crippen LogP contribution in [0.15, 0.2) is 0 Å². The van der Waals surface area contributed by atoms with Gasteiger partial charge in [-0.25, -0.2) is 0 Å². The average molecular weight is 250 g/mol. The summed E-state index contributed by atoms with van der Waals surface area (Å²) in [6.45, 7) is 15.8. The molecule has 1 saturated heterocycles. The van der Waals surface area contributed by atoms with E-state index in [0.717, 1.165) is 12.5 Å². The Balaban J connectivity index is 0.00000225. The van der Waals surface area contributed by atoms with Crippen LogP contribution in [0.1, 0.15) is 27.7 Å². The summed E-state index contributed by atoms with van der Waals surface area (Å²) in [5.74, 6) is 0.780. The first-order valence-electron chi connectivity index (χ1n) is 6.10. The Labute approximate surface area is 107 Å². The molecule has 0 amide bonds. The second-order valence-electron chi connectivity index (χ2n) is 5.96. The molecule has 2 N–H and O–H groups in total. The van der Waals surface area contributed by atoms with Crippen molar-refractivity contribution in [2.45, 2.75) is 33.2 Å². The molecule has 0 spiro atoms. The standard InChI is InChI=1S/C12H27N3.ClH/c1-11(2)9-14-5-7-15(8-6-14)10-12(3,4)13;/h11H,5-10,13H2,1-4H3;1H. The molecule has 1 aliphatic rings. The van der Waals surface area contributed by atoms with Crippen LogP contribution in [0.2, 0.25) is 0 Å². The van der Waals surface area contributed by atoms with E-state index in [1.165, 1.54) is 32.7 Å². The van der Waals surface area contributed by atoms with Crippen molar-refractivity contribution >= 4 is 12.4 Å². The number of piperazine rings is 1. The molecule has 0 saturated carbocycles. The van der Waals surface area contributed by atoms with Crippen molar-refractivity contribution in [2.24, 2.45) is 11.7 Å². The van der Waals surface area contributed by atoms with Crippen LogP contribution in [0, 0.1) is 5.92 Å². The third kappa shape index (κ3) is 6.69. The molecule has 1 fully saturated rings. The molecule has 0 unspecified atom stereocenters. The van der Waals surface area contributed by atoms with Crippen molar-refractivity contribution < 1.29 is 0 Å². The predicted molar refractivity (Wildman–Crippen MR) is 73.2 cm³/mol. The minimum absolute atomic E-state index is 0. The summed E-state index contributed by atoms with van der Waals surface area (Å²) in [7, 11) is 0. The van der Waals surface area contributed by atoms with Crippen molar-refractivity contribution in [1.82, 2.24) is 9.80 Å². The summed E-state index contributed by atoms with van der Waals surface area (Å²) in [4.78, 5) is 5.04.